The highest BCUT2D eigenvalue weighted by Gasteiger charge is 2.29. The molecule has 220 valence electrons. The van der Waals surface area contributed by atoms with Crippen molar-refractivity contribution < 1.29 is 36.0 Å². The zero-order valence-electron chi connectivity index (χ0n) is 22.6. The summed E-state index contributed by atoms with van der Waals surface area (Å²) < 4.78 is 48.1. The number of piperidine rings is 2. The Morgan fingerprint density at radius 2 is 1.08 bits per heavy atom. The third-order valence-corrected chi connectivity index (χ3v) is 8.41. The van der Waals surface area contributed by atoms with E-state index in [-0.39, 0.29) is 41.3 Å². The first-order chi connectivity index (χ1) is 16.4. The summed E-state index contributed by atoms with van der Waals surface area (Å²) in [6.07, 6.45) is 2.21. The number of carbonyl (C=O) groups is 3. The molecule has 2 fully saturated rings. The zero-order chi connectivity index (χ0) is 28.3. The summed E-state index contributed by atoms with van der Waals surface area (Å²) in [5.41, 5.74) is 0. The van der Waals surface area contributed by atoms with Crippen molar-refractivity contribution in [2.75, 3.05) is 26.2 Å². The molecule has 2 saturated heterocycles. The van der Waals surface area contributed by atoms with E-state index < -0.39 is 37.2 Å². The van der Waals surface area contributed by atoms with Gasteiger partial charge in [-0.3, -0.25) is 14.4 Å². The number of ether oxygens (including phenoxy) is 1. The molecule has 0 unspecified atom stereocenters. The van der Waals surface area contributed by atoms with Crippen LogP contribution in [0.25, 0.3) is 0 Å². The van der Waals surface area contributed by atoms with Gasteiger partial charge in [-0.05, 0) is 38.8 Å². The van der Waals surface area contributed by atoms with Gasteiger partial charge in [0.2, 0.25) is 26.0 Å². The van der Waals surface area contributed by atoms with Crippen molar-refractivity contribution in [1.29, 1.82) is 0 Å². The predicted octanol–water partition coefficient (Wildman–Crippen LogP) is 0.739. The Hall–Kier alpha value is -1.32. The Labute approximate surface area is 228 Å². The SMILES string of the molecule is CC(C)C(=O)N1CCC(S(N)(=O)=O)CC1.CC(C)C(=O)OC(=O)C(C)C.Cl.NS(=O)(=O)C1CCNCC1. The van der Waals surface area contributed by atoms with Crippen molar-refractivity contribution in [3.63, 3.8) is 0 Å². The second-order valence-electron chi connectivity index (χ2n) is 9.86. The summed E-state index contributed by atoms with van der Waals surface area (Å²) in [4.78, 5) is 34.9. The first-order valence-corrected chi connectivity index (χ1v) is 15.4. The average Bonchev–Trinajstić information content (AvgIpc) is 2.78. The molecule has 37 heavy (non-hydrogen) atoms. The highest BCUT2D eigenvalue weighted by Crippen LogP contribution is 2.17. The molecule has 2 rings (SSSR count). The Balaban J connectivity index is 0. The number of likely N-dealkylation sites (tertiary alicyclic amines) is 1. The van der Waals surface area contributed by atoms with E-state index in [2.05, 4.69) is 10.1 Å². The molecular weight excluding hydrogens is 548 g/mol. The number of nitrogens with one attached hydrogen (secondary N) is 1. The van der Waals surface area contributed by atoms with E-state index in [0.29, 0.717) is 38.8 Å². The largest absolute Gasteiger partial charge is 0.393 e. The Kier molecular flexibility index (Phi) is 17.7. The molecule has 0 aromatic heterocycles. The van der Waals surface area contributed by atoms with Crippen LogP contribution in [-0.4, -0.2) is 76.3 Å². The maximum atomic E-state index is 11.6. The second-order valence-corrected chi connectivity index (χ2v) is 13.5. The van der Waals surface area contributed by atoms with Crippen molar-refractivity contribution in [2.24, 2.45) is 28.0 Å². The van der Waals surface area contributed by atoms with Crippen LogP contribution in [0.4, 0.5) is 0 Å². The lowest BCUT2D eigenvalue weighted by atomic mass is 10.1. The molecule has 0 atom stereocenters. The number of nitrogens with two attached hydrogens (primary N) is 2. The third kappa shape index (κ3) is 15.6. The van der Waals surface area contributed by atoms with Gasteiger partial charge in [-0.25, -0.2) is 27.1 Å². The minimum absolute atomic E-state index is 0. The minimum atomic E-state index is -3.43. The summed E-state index contributed by atoms with van der Waals surface area (Å²) in [6.45, 7) is 13.0. The Morgan fingerprint density at radius 1 is 0.730 bits per heavy atom. The van der Waals surface area contributed by atoms with E-state index in [9.17, 15) is 31.2 Å². The van der Waals surface area contributed by atoms with Crippen molar-refractivity contribution in [2.45, 2.75) is 77.7 Å². The number of rotatable bonds is 5. The van der Waals surface area contributed by atoms with Crippen molar-refractivity contribution in [3.05, 3.63) is 0 Å². The van der Waals surface area contributed by atoms with Crippen LogP contribution in [0, 0.1) is 17.8 Å². The standard InChI is InChI=1S/C9H18N2O3S.C8H14O3.C5H12N2O2S.ClH/c1-7(2)9(12)11-5-3-8(4-6-11)15(10,13)14;1-5(2)7(9)11-8(10)6(3)4;6-10(8,9)5-1-3-7-4-2-5;/h7-8H,3-6H2,1-2H3,(H2,10,13,14);5-6H,1-4H3;5,7H,1-4H2,(H2,6,8,9);1H. The average molecular weight is 593 g/mol. The first kappa shape index (κ1) is 37.8. The monoisotopic (exact) mass is 592 g/mol. The van der Waals surface area contributed by atoms with Crippen LogP contribution in [0.1, 0.15) is 67.2 Å². The van der Waals surface area contributed by atoms with Crippen LogP contribution in [0.15, 0.2) is 0 Å². The number of amides is 1. The molecule has 2 aliphatic heterocycles. The fraction of sp³-hybridized carbons (Fsp3) is 0.864. The van der Waals surface area contributed by atoms with Crippen molar-refractivity contribution in [1.82, 2.24) is 10.2 Å². The lowest BCUT2D eigenvalue weighted by Gasteiger charge is -2.31. The van der Waals surface area contributed by atoms with Gasteiger partial charge < -0.3 is 15.0 Å². The summed E-state index contributed by atoms with van der Waals surface area (Å²) in [5, 5.41) is 12.3. The van der Waals surface area contributed by atoms with E-state index in [4.69, 9.17) is 10.3 Å². The minimum Gasteiger partial charge on any atom is -0.393 e. The molecule has 0 bridgehead atoms. The third-order valence-electron chi connectivity index (χ3n) is 5.61. The van der Waals surface area contributed by atoms with Crippen LogP contribution < -0.4 is 15.6 Å². The molecule has 2 aliphatic rings. The fourth-order valence-corrected chi connectivity index (χ4v) is 4.99. The summed E-state index contributed by atoms with van der Waals surface area (Å²) in [5.74, 6) is -1.33. The van der Waals surface area contributed by atoms with Gasteiger partial charge in [0.05, 0.1) is 22.3 Å². The number of halogens is 1. The van der Waals surface area contributed by atoms with Crippen molar-refractivity contribution >= 4 is 50.3 Å². The molecule has 0 saturated carbocycles. The zero-order valence-corrected chi connectivity index (χ0v) is 25.1. The lowest BCUT2D eigenvalue weighted by molar-refractivity contribution is -0.164. The summed E-state index contributed by atoms with van der Waals surface area (Å²) in [7, 11) is -6.70. The van der Waals surface area contributed by atoms with Crippen LogP contribution >= 0.6 is 12.4 Å². The van der Waals surface area contributed by atoms with E-state index in [0.717, 1.165) is 13.1 Å². The number of sulfonamides is 2. The van der Waals surface area contributed by atoms with Crippen molar-refractivity contribution in [3.8, 4) is 0 Å². The highest BCUT2D eigenvalue weighted by atomic mass is 35.5. The Bertz CT molecular complexity index is 908. The molecule has 12 nitrogen and oxygen atoms in total. The summed E-state index contributed by atoms with van der Waals surface area (Å²) >= 11 is 0. The maximum absolute atomic E-state index is 11.6. The number of carbonyl (C=O) groups excluding carboxylic acids is 3. The molecule has 0 aliphatic carbocycles. The van der Waals surface area contributed by atoms with Gasteiger partial charge >= 0.3 is 11.9 Å². The highest BCUT2D eigenvalue weighted by molar-refractivity contribution is 7.90. The van der Waals surface area contributed by atoms with Gasteiger partial charge in [0.25, 0.3) is 0 Å². The topological polar surface area (TPSA) is 196 Å². The smallest absolute Gasteiger partial charge is 0.316 e. The molecule has 5 N–H and O–H groups in total. The van der Waals surface area contributed by atoms with E-state index >= 15 is 0 Å². The van der Waals surface area contributed by atoms with Crippen LogP contribution in [0.3, 0.4) is 0 Å². The molecular formula is C22H45ClN4O8S2. The van der Waals surface area contributed by atoms with Gasteiger partial charge in [-0.1, -0.05) is 41.5 Å². The summed E-state index contributed by atoms with van der Waals surface area (Å²) in [6, 6.07) is 0. The number of primary sulfonamides is 2. The molecule has 1 amide bonds. The maximum Gasteiger partial charge on any atom is 0.316 e. The van der Waals surface area contributed by atoms with Gasteiger partial charge in [0, 0.05) is 19.0 Å². The van der Waals surface area contributed by atoms with Gasteiger partial charge in [-0.2, -0.15) is 0 Å². The van der Waals surface area contributed by atoms with Gasteiger partial charge in [0.1, 0.15) is 0 Å². The second kappa shape index (κ2) is 17.3. The molecule has 2 heterocycles. The van der Waals surface area contributed by atoms with Gasteiger partial charge in [-0.15, -0.1) is 12.4 Å². The number of esters is 2. The molecule has 15 heteroatoms. The number of nitrogens with zero attached hydrogens (tertiary/aromatic N) is 1. The fourth-order valence-electron chi connectivity index (χ4n) is 3.23. The lowest BCUT2D eigenvalue weighted by Crippen LogP contribution is -2.45. The van der Waals surface area contributed by atoms with E-state index in [1.807, 2.05) is 13.8 Å². The molecule has 0 radical (unpaired) electrons. The van der Waals surface area contributed by atoms with E-state index in [1.54, 1.807) is 32.6 Å². The number of hydrogen-bond acceptors (Lipinski definition) is 9. The quantitative estimate of drug-likeness (QED) is 0.304. The molecule has 0 spiro atoms. The van der Waals surface area contributed by atoms with E-state index in [1.165, 1.54) is 0 Å². The normalized spacial score (nSPS) is 17.2. The van der Waals surface area contributed by atoms with Crippen LogP contribution in [0.2, 0.25) is 0 Å². The molecule has 0 aromatic rings. The molecule has 0 aromatic carbocycles. The van der Waals surface area contributed by atoms with Gasteiger partial charge in [0.15, 0.2) is 0 Å². The Morgan fingerprint density at radius 3 is 1.35 bits per heavy atom. The predicted molar refractivity (Wildman–Crippen MR) is 145 cm³/mol. The first-order valence-electron chi connectivity index (χ1n) is 12.2. The van der Waals surface area contributed by atoms with Crippen LogP contribution in [-0.2, 0) is 39.2 Å². The number of hydrogen-bond donors (Lipinski definition) is 3. The van der Waals surface area contributed by atoms with Crippen LogP contribution in [0.5, 0.6) is 0 Å².